The summed E-state index contributed by atoms with van der Waals surface area (Å²) < 4.78 is 26.5. The van der Waals surface area contributed by atoms with Crippen molar-refractivity contribution in [3.63, 3.8) is 0 Å². The van der Waals surface area contributed by atoms with Gasteiger partial charge in [-0.1, -0.05) is 23.2 Å². The van der Waals surface area contributed by atoms with Crippen LogP contribution in [-0.4, -0.2) is 30.1 Å². The zero-order valence-corrected chi connectivity index (χ0v) is 12.1. The molecule has 0 bridgehead atoms. The van der Waals surface area contributed by atoms with Gasteiger partial charge in [0.1, 0.15) is 23.3 Å². The molecule has 0 radical (unpaired) electrons. The van der Waals surface area contributed by atoms with E-state index >= 15 is 0 Å². The van der Waals surface area contributed by atoms with Crippen LogP contribution in [0.25, 0.3) is 0 Å². The highest BCUT2D eigenvalue weighted by Gasteiger charge is 2.16. The lowest BCUT2D eigenvalue weighted by atomic mass is 10.4. The minimum atomic E-state index is -3.82. The first-order valence-corrected chi connectivity index (χ1v) is 7.79. The maximum absolute atomic E-state index is 12.1. The topological polar surface area (TPSA) is 116 Å². The van der Waals surface area contributed by atoms with E-state index in [2.05, 4.69) is 26.5 Å². The number of pyridine rings is 1. The van der Waals surface area contributed by atoms with Gasteiger partial charge in [-0.2, -0.15) is 5.26 Å². The highest BCUT2D eigenvalue weighted by atomic mass is 32.2. The summed E-state index contributed by atoms with van der Waals surface area (Å²) in [4.78, 5) is 8.05. The largest absolute Gasteiger partial charge is 0.384 e. The van der Waals surface area contributed by atoms with Gasteiger partial charge in [0.15, 0.2) is 5.13 Å². The molecule has 0 saturated heterocycles. The van der Waals surface area contributed by atoms with Crippen molar-refractivity contribution in [1.82, 2.24) is 9.97 Å². The highest BCUT2D eigenvalue weighted by Crippen LogP contribution is 2.20. The van der Waals surface area contributed by atoms with Crippen LogP contribution in [0.1, 0.15) is 10.6 Å². The summed E-state index contributed by atoms with van der Waals surface area (Å²) in [6, 6.07) is 4.41. The fraction of sp³-hybridized carbons (Fsp3) is 0.0833. The van der Waals surface area contributed by atoms with Crippen LogP contribution >= 0.6 is 11.3 Å². The number of hydrogen-bond donors (Lipinski definition) is 2. The molecule has 0 spiro atoms. The molecule has 9 heteroatoms. The Morgan fingerprint density at radius 1 is 1.33 bits per heavy atom. The van der Waals surface area contributed by atoms with Crippen LogP contribution < -0.4 is 4.72 Å². The maximum atomic E-state index is 12.1. The van der Waals surface area contributed by atoms with Crippen molar-refractivity contribution in [3.05, 3.63) is 35.1 Å². The van der Waals surface area contributed by atoms with Crippen molar-refractivity contribution in [2.45, 2.75) is 4.90 Å². The minimum absolute atomic E-state index is 0.0697. The predicted molar refractivity (Wildman–Crippen MR) is 75.8 cm³/mol. The van der Waals surface area contributed by atoms with Crippen molar-refractivity contribution in [3.8, 4) is 17.9 Å². The molecule has 0 aromatic carbocycles. The fourth-order valence-electron chi connectivity index (χ4n) is 1.28. The van der Waals surface area contributed by atoms with E-state index in [1.165, 1.54) is 18.3 Å². The molecule has 21 heavy (non-hydrogen) atoms. The Kier molecular flexibility index (Phi) is 4.50. The monoisotopic (exact) mass is 320 g/mol. The molecular formula is C12H8N4O3S2. The third kappa shape index (κ3) is 3.77. The van der Waals surface area contributed by atoms with Crippen LogP contribution in [0.4, 0.5) is 5.13 Å². The quantitative estimate of drug-likeness (QED) is 0.798. The Hall–Kier alpha value is -2.46. The summed E-state index contributed by atoms with van der Waals surface area (Å²) in [5.74, 6) is 5.07. The molecule has 2 aromatic rings. The van der Waals surface area contributed by atoms with Gasteiger partial charge in [0, 0.05) is 6.20 Å². The number of nitrogens with zero attached hydrogens (tertiary/aromatic N) is 3. The number of sulfonamides is 1. The van der Waals surface area contributed by atoms with E-state index in [1.807, 2.05) is 0 Å². The Morgan fingerprint density at radius 3 is 2.76 bits per heavy atom. The van der Waals surface area contributed by atoms with E-state index in [-0.39, 0.29) is 22.3 Å². The van der Waals surface area contributed by atoms with E-state index in [4.69, 9.17) is 10.4 Å². The SMILES string of the molecule is N#Cc1ccc(S(=O)(=O)Nc2ncc(C#CCO)s2)cn1. The third-order valence-corrected chi connectivity index (χ3v) is 4.46. The molecule has 2 rings (SSSR count). The standard InChI is InChI=1S/C12H8N4O3S2/c13-6-9-3-4-11(8-14-9)21(18,19)16-12-15-7-10(20-12)2-1-5-17/h3-4,7-8,17H,5H2,(H,15,16). The molecule has 0 saturated carbocycles. The molecule has 0 amide bonds. The molecule has 0 aliphatic heterocycles. The fourth-order valence-corrected chi connectivity index (χ4v) is 3.16. The Bertz CT molecular complexity index is 839. The van der Waals surface area contributed by atoms with Crippen LogP contribution in [0.5, 0.6) is 0 Å². The first-order valence-electron chi connectivity index (χ1n) is 5.49. The van der Waals surface area contributed by atoms with Crippen LogP contribution in [0.3, 0.4) is 0 Å². The van der Waals surface area contributed by atoms with Gasteiger partial charge in [-0.05, 0) is 12.1 Å². The smallest absolute Gasteiger partial charge is 0.265 e. The average Bonchev–Trinajstić information content (AvgIpc) is 2.92. The minimum Gasteiger partial charge on any atom is -0.384 e. The Labute approximate surface area is 125 Å². The second-order valence-electron chi connectivity index (χ2n) is 3.59. The molecule has 0 unspecified atom stereocenters. The highest BCUT2D eigenvalue weighted by molar-refractivity contribution is 7.93. The normalized spacial score (nSPS) is 10.3. The molecule has 2 aromatic heterocycles. The molecule has 2 heterocycles. The number of anilines is 1. The number of rotatable bonds is 3. The van der Waals surface area contributed by atoms with Crippen molar-refractivity contribution in [2.24, 2.45) is 0 Å². The molecule has 0 fully saturated rings. The first kappa shape index (κ1) is 14.9. The summed E-state index contributed by atoms with van der Waals surface area (Å²) in [7, 11) is -3.82. The van der Waals surface area contributed by atoms with Gasteiger partial charge in [-0.15, -0.1) is 0 Å². The van der Waals surface area contributed by atoms with Crippen LogP contribution in [0, 0.1) is 23.2 Å². The molecule has 7 nitrogen and oxygen atoms in total. The number of aliphatic hydroxyl groups is 1. The lowest BCUT2D eigenvalue weighted by molar-refractivity contribution is 0.350. The summed E-state index contributed by atoms with van der Waals surface area (Å²) in [6.45, 7) is -0.282. The zero-order chi connectivity index (χ0) is 15.3. The molecule has 0 atom stereocenters. The summed E-state index contributed by atoms with van der Waals surface area (Å²) >= 11 is 1.04. The first-order chi connectivity index (χ1) is 10.0. The van der Waals surface area contributed by atoms with Gasteiger partial charge in [0.05, 0.1) is 11.1 Å². The van der Waals surface area contributed by atoms with Crippen LogP contribution in [0.2, 0.25) is 0 Å². The summed E-state index contributed by atoms with van der Waals surface area (Å²) in [5.41, 5.74) is 0.129. The lowest BCUT2D eigenvalue weighted by Crippen LogP contribution is -2.13. The summed E-state index contributed by atoms with van der Waals surface area (Å²) in [5, 5.41) is 17.4. The number of nitrogens with one attached hydrogen (secondary N) is 1. The number of hydrogen-bond acceptors (Lipinski definition) is 7. The van der Waals surface area contributed by atoms with Gasteiger partial charge >= 0.3 is 0 Å². The summed E-state index contributed by atoms with van der Waals surface area (Å²) in [6.07, 6.45) is 2.50. The predicted octanol–water partition coefficient (Wildman–Crippen LogP) is 0.554. The van der Waals surface area contributed by atoms with Crippen LogP contribution in [0.15, 0.2) is 29.4 Å². The maximum Gasteiger partial charge on any atom is 0.265 e. The van der Waals surface area contributed by atoms with Crippen molar-refractivity contribution >= 4 is 26.5 Å². The molecular weight excluding hydrogens is 312 g/mol. The number of thiazole rings is 1. The van der Waals surface area contributed by atoms with Gasteiger partial charge in [-0.25, -0.2) is 18.4 Å². The van der Waals surface area contributed by atoms with E-state index in [9.17, 15) is 8.42 Å². The molecule has 106 valence electrons. The van der Waals surface area contributed by atoms with E-state index in [1.54, 1.807) is 6.07 Å². The molecule has 2 N–H and O–H groups in total. The molecule has 0 aliphatic carbocycles. The van der Waals surface area contributed by atoms with Crippen molar-refractivity contribution in [1.29, 1.82) is 5.26 Å². The Morgan fingerprint density at radius 2 is 2.14 bits per heavy atom. The van der Waals surface area contributed by atoms with E-state index < -0.39 is 10.0 Å². The van der Waals surface area contributed by atoms with Crippen molar-refractivity contribution in [2.75, 3.05) is 11.3 Å². The molecule has 0 aliphatic rings. The number of nitriles is 1. The van der Waals surface area contributed by atoms with Gasteiger partial charge < -0.3 is 5.11 Å². The van der Waals surface area contributed by atoms with Gasteiger partial charge in [-0.3, -0.25) is 4.72 Å². The van der Waals surface area contributed by atoms with Crippen LogP contribution in [-0.2, 0) is 10.0 Å². The number of aliphatic hydroxyl groups excluding tert-OH is 1. The lowest BCUT2D eigenvalue weighted by Gasteiger charge is -2.03. The van der Waals surface area contributed by atoms with E-state index in [0.29, 0.717) is 4.88 Å². The van der Waals surface area contributed by atoms with Gasteiger partial charge in [0.2, 0.25) is 0 Å². The Balaban J connectivity index is 2.20. The number of aromatic nitrogens is 2. The van der Waals surface area contributed by atoms with Crippen molar-refractivity contribution < 1.29 is 13.5 Å². The second-order valence-corrected chi connectivity index (χ2v) is 6.30. The van der Waals surface area contributed by atoms with Gasteiger partial charge in [0.25, 0.3) is 10.0 Å². The second kappa shape index (κ2) is 6.33. The zero-order valence-electron chi connectivity index (χ0n) is 10.4. The third-order valence-electron chi connectivity index (χ3n) is 2.18. The van der Waals surface area contributed by atoms with E-state index in [0.717, 1.165) is 17.5 Å². The average molecular weight is 320 g/mol.